The lowest BCUT2D eigenvalue weighted by Gasteiger charge is -2.40. The number of carbonyl (C=O) groups is 1. The highest BCUT2D eigenvalue weighted by Crippen LogP contribution is 2.44. The normalized spacial score (nSPS) is 14.3. The Balaban J connectivity index is 1.53. The van der Waals surface area contributed by atoms with E-state index >= 15 is 0 Å². The molecule has 0 radical (unpaired) electrons. The number of aromatic nitrogens is 1. The molecule has 4 rings (SSSR count). The minimum Gasteiger partial charge on any atom is -0.438 e. The molecule has 3 aromatic rings. The Morgan fingerprint density at radius 1 is 1.14 bits per heavy atom. The lowest BCUT2D eigenvalue weighted by Crippen LogP contribution is -2.46. The summed E-state index contributed by atoms with van der Waals surface area (Å²) in [7, 11) is 0. The lowest BCUT2D eigenvalue weighted by molar-refractivity contribution is -0.124. The van der Waals surface area contributed by atoms with Crippen LogP contribution in [-0.4, -0.2) is 10.9 Å². The molecule has 0 saturated heterocycles. The van der Waals surface area contributed by atoms with Gasteiger partial charge in [0.2, 0.25) is 11.8 Å². The van der Waals surface area contributed by atoms with Crippen LogP contribution in [0.25, 0.3) is 0 Å². The quantitative estimate of drug-likeness (QED) is 0.664. The van der Waals surface area contributed by atoms with Gasteiger partial charge in [0.25, 0.3) is 0 Å². The standard InChI is InChI=1S/C24H21N3O2/c1-17-15-20(29-22-18(16-25)7-5-14-26-22)10-11-21(17)27-23(28)24(12-6-13-24)19-8-3-2-4-9-19/h2-5,7-11,14-15H,6,12-13H2,1H3,(H,27,28). The van der Waals surface area contributed by atoms with Gasteiger partial charge in [-0.25, -0.2) is 4.98 Å². The first kappa shape index (κ1) is 18.7. The zero-order valence-corrected chi connectivity index (χ0v) is 16.2. The summed E-state index contributed by atoms with van der Waals surface area (Å²) in [6.07, 6.45) is 4.36. The van der Waals surface area contributed by atoms with Crippen LogP contribution in [0.2, 0.25) is 0 Å². The summed E-state index contributed by atoms with van der Waals surface area (Å²) in [4.78, 5) is 17.3. The smallest absolute Gasteiger partial charge is 0.237 e. The topological polar surface area (TPSA) is 75.0 Å². The lowest BCUT2D eigenvalue weighted by atomic mass is 9.64. The molecule has 1 aromatic heterocycles. The number of nitrogens with zero attached hydrogens (tertiary/aromatic N) is 2. The van der Waals surface area contributed by atoms with Crippen LogP contribution < -0.4 is 10.1 Å². The molecule has 0 unspecified atom stereocenters. The molecule has 1 amide bonds. The van der Waals surface area contributed by atoms with Crippen molar-refractivity contribution in [3.05, 3.63) is 83.6 Å². The van der Waals surface area contributed by atoms with Crippen LogP contribution in [0.15, 0.2) is 66.9 Å². The van der Waals surface area contributed by atoms with Crippen LogP contribution in [0.4, 0.5) is 5.69 Å². The van der Waals surface area contributed by atoms with Gasteiger partial charge in [0, 0.05) is 11.9 Å². The van der Waals surface area contributed by atoms with E-state index in [4.69, 9.17) is 4.74 Å². The first-order chi connectivity index (χ1) is 14.1. The number of rotatable bonds is 5. The molecule has 2 aromatic carbocycles. The maximum Gasteiger partial charge on any atom is 0.237 e. The Kier molecular flexibility index (Phi) is 5.01. The van der Waals surface area contributed by atoms with Gasteiger partial charge < -0.3 is 10.1 Å². The maximum absolute atomic E-state index is 13.1. The fraction of sp³-hybridized carbons (Fsp3) is 0.208. The fourth-order valence-electron chi connectivity index (χ4n) is 3.69. The predicted molar refractivity (Wildman–Crippen MR) is 111 cm³/mol. The third-order valence-corrected chi connectivity index (χ3v) is 5.52. The molecule has 1 aliphatic carbocycles. The molecule has 1 aliphatic rings. The highest BCUT2D eigenvalue weighted by molar-refractivity contribution is 6.00. The molecule has 0 bridgehead atoms. The maximum atomic E-state index is 13.1. The summed E-state index contributed by atoms with van der Waals surface area (Å²) in [6, 6.07) is 20.8. The minimum absolute atomic E-state index is 0.0308. The molecular weight excluding hydrogens is 362 g/mol. The second-order valence-corrected chi connectivity index (χ2v) is 7.30. The van der Waals surface area contributed by atoms with Crippen LogP contribution in [0, 0.1) is 18.3 Å². The third kappa shape index (κ3) is 3.57. The number of benzene rings is 2. The molecule has 0 atom stereocenters. The Morgan fingerprint density at radius 2 is 1.93 bits per heavy atom. The number of nitriles is 1. The summed E-state index contributed by atoms with van der Waals surface area (Å²) in [6.45, 7) is 1.92. The van der Waals surface area contributed by atoms with Crippen molar-refractivity contribution in [2.45, 2.75) is 31.6 Å². The van der Waals surface area contributed by atoms with E-state index in [9.17, 15) is 10.1 Å². The molecule has 1 saturated carbocycles. The van der Waals surface area contributed by atoms with Gasteiger partial charge in [0.1, 0.15) is 17.4 Å². The molecule has 5 heteroatoms. The van der Waals surface area contributed by atoms with Crippen LogP contribution >= 0.6 is 0 Å². The zero-order chi connectivity index (χ0) is 20.3. The van der Waals surface area contributed by atoms with Crippen LogP contribution in [-0.2, 0) is 10.2 Å². The van der Waals surface area contributed by atoms with Gasteiger partial charge in [-0.05, 0) is 61.2 Å². The SMILES string of the molecule is Cc1cc(Oc2ncccc2C#N)ccc1NC(=O)C1(c2ccccc2)CCC1. The van der Waals surface area contributed by atoms with Crippen LogP contribution in [0.5, 0.6) is 11.6 Å². The first-order valence-electron chi connectivity index (χ1n) is 9.63. The van der Waals surface area contributed by atoms with Gasteiger partial charge in [-0.3, -0.25) is 4.79 Å². The monoisotopic (exact) mass is 383 g/mol. The minimum atomic E-state index is -0.446. The molecule has 0 aliphatic heterocycles. The van der Waals surface area contributed by atoms with E-state index in [1.807, 2.05) is 49.4 Å². The van der Waals surface area contributed by atoms with Crippen molar-refractivity contribution >= 4 is 11.6 Å². The average Bonchev–Trinajstić information content (AvgIpc) is 2.70. The zero-order valence-electron chi connectivity index (χ0n) is 16.2. The second-order valence-electron chi connectivity index (χ2n) is 7.30. The van der Waals surface area contributed by atoms with E-state index in [-0.39, 0.29) is 11.8 Å². The Morgan fingerprint density at radius 3 is 2.59 bits per heavy atom. The van der Waals surface area contributed by atoms with Gasteiger partial charge >= 0.3 is 0 Å². The number of hydrogen-bond donors (Lipinski definition) is 1. The molecule has 1 N–H and O–H groups in total. The van der Waals surface area contributed by atoms with Crippen LogP contribution in [0.3, 0.4) is 0 Å². The summed E-state index contributed by atoms with van der Waals surface area (Å²) in [5.41, 5.74) is 2.63. The Hall–Kier alpha value is -3.65. The predicted octanol–water partition coefficient (Wildman–Crippen LogP) is 5.11. The number of ether oxygens (including phenoxy) is 1. The van der Waals surface area contributed by atoms with Crippen LogP contribution in [0.1, 0.15) is 36.0 Å². The molecule has 1 fully saturated rings. The van der Waals surface area contributed by atoms with Crippen molar-refractivity contribution in [3.8, 4) is 17.7 Å². The van der Waals surface area contributed by atoms with Gasteiger partial charge in [0.05, 0.1) is 5.41 Å². The summed E-state index contributed by atoms with van der Waals surface area (Å²) in [5.74, 6) is 0.865. The Bertz CT molecular complexity index is 1080. The Labute approximate surface area is 170 Å². The largest absolute Gasteiger partial charge is 0.438 e. The molecule has 5 nitrogen and oxygen atoms in total. The second kappa shape index (κ2) is 7.76. The summed E-state index contributed by atoms with van der Waals surface area (Å²) >= 11 is 0. The molecule has 29 heavy (non-hydrogen) atoms. The summed E-state index contributed by atoms with van der Waals surface area (Å²) < 4.78 is 5.76. The van der Waals surface area contributed by atoms with Crippen molar-refractivity contribution in [3.63, 3.8) is 0 Å². The van der Waals surface area contributed by atoms with Gasteiger partial charge in [-0.2, -0.15) is 5.26 Å². The van der Waals surface area contributed by atoms with Crippen molar-refractivity contribution in [2.24, 2.45) is 0 Å². The van der Waals surface area contributed by atoms with Crippen molar-refractivity contribution in [1.29, 1.82) is 5.26 Å². The molecule has 0 spiro atoms. The van der Waals surface area contributed by atoms with Gasteiger partial charge in [0.15, 0.2) is 0 Å². The number of pyridine rings is 1. The molecule has 1 heterocycles. The van der Waals surface area contributed by atoms with E-state index < -0.39 is 5.41 Å². The van der Waals surface area contributed by atoms with Crippen molar-refractivity contribution in [1.82, 2.24) is 4.98 Å². The first-order valence-corrected chi connectivity index (χ1v) is 9.63. The van der Waals surface area contributed by atoms with E-state index in [1.54, 1.807) is 24.4 Å². The van der Waals surface area contributed by atoms with Crippen molar-refractivity contribution in [2.75, 3.05) is 5.32 Å². The number of anilines is 1. The number of amides is 1. The number of hydrogen-bond acceptors (Lipinski definition) is 4. The van der Waals surface area contributed by atoms with Gasteiger partial charge in [-0.15, -0.1) is 0 Å². The van der Waals surface area contributed by atoms with E-state index in [2.05, 4.69) is 16.4 Å². The highest BCUT2D eigenvalue weighted by Gasteiger charge is 2.45. The molecule has 144 valence electrons. The summed E-state index contributed by atoms with van der Waals surface area (Å²) in [5, 5.41) is 12.3. The van der Waals surface area contributed by atoms with Crippen molar-refractivity contribution < 1.29 is 9.53 Å². The number of nitrogens with one attached hydrogen (secondary N) is 1. The number of aryl methyl sites for hydroxylation is 1. The molecular formula is C24H21N3O2. The van der Waals surface area contributed by atoms with E-state index in [1.165, 1.54) is 0 Å². The average molecular weight is 383 g/mol. The third-order valence-electron chi connectivity index (χ3n) is 5.52. The number of carbonyl (C=O) groups excluding carboxylic acids is 1. The highest BCUT2D eigenvalue weighted by atomic mass is 16.5. The fourth-order valence-corrected chi connectivity index (χ4v) is 3.69. The van der Waals surface area contributed by atoms with E-state index in [0.29, 0.717) is 11.3 Å². The van der Waals surface area contributed by atoms with Gasteiger partial charge in [-0.1, -0.05) is 36.8 Å². The van der Waals surface area contributed by atoms with E-state index in [0.717, 1.165) is 36.1 Å².